The summed E-state index contributed by atoms with van der Waals surface area (Å²) in [5, 5.41) is 12.9. The lowest BCUT2D eigenvalue weighted by Crippen LogP contribution is -2.36. The van der Waals surface area contributed by atoms with Crippen LogP contribution in [0.3, 0.4) is 0 Å². The van der Waals surface area contributed by atoms with Crippen molar-refractivity contribution in [3.05, 3.63) is 44.8 Å². The van der Waals surface area contributed by atoms with Crippen molar-refractivity contribution < 1.29 is 0 Å². The molecule has 0 unspecified atom stereocenters. The third-order valence-corrected chi connectivity index (χ3v) is 3.96. The second-order valence-electron chi connectivity index (χ2n) is 3.76. The number of aliphatic imine (C=N–C) groups is 1. The summed E-state index contributed by atoms with van der Waals surface area (Å²) in [6.45, 7) is 4.50. The van der Waals surface area contributed by atoms with Crippen molar-refractivity contribution in [2.75, 3.05) is 6.54 Å². The fraction of sp³-hybridized carbons (Fsp3) is 0.308. The van der Waals surface area contributed by atoms with Gasteiger partial charge in [-0.3, -0.25) is 0 Å². The van der Waals surface area contributed by atoms with Gasteiger partial charge in [0.2, 0.25) is 0 Å². The van der Waals surface area contributed by atoms with Gasteiger partial charge in [-0.1, -0.05) is 6.07 Å². The van der Waals surface area contributed by atoms with Crippen LogP contribution < -0.4 is 10.6 Å². The first-order chi connectivity index (χ1) is 8.88. The zero-order valence-electron chi connectivity index (χ0n) is 10.3. The molecule has 0 bridgehead atoms. The summed E-state index contributed by atoms with van der Waals surface area (Å²) in [6.07, 6.45) is 0. The number of thiophene rings is 2. The van der Waals surface area contributed by atoms with Crippen LogP contribution in [0.15, 0.2) is 39.3 Å². The molecule has 5 heteroatoms. The van der Waals surface area contributed by atoms with Crippen LogP contribution in [0.2, 0.25) is 0 Å². The second-order valence-corrected chi connectivity index (χ2v) is 5.57. The molecule has 18 heavy (non-hydrogen) atoms. The van der Waals surface area contributed by atoms with Crippen LogP contribution in [0, 0.1) is 0 Å². The standard InChI is InChI=1S/C13H17N3S2/c1-2-14-13(15-8-11-5-7-17-10-11)16-9-12-4-3-6-18-12/h3-7,10H,2,8-9H2,1H3,(H2,14,15,16). The zero-order chi connectivity index (χ0) is 12.6. The van der Waals surface area contributed by atoms with Crippen molar-refractivity contribution in [2.45, 2.75) is 20.0 Å². The second kappa shape index (κ2) is 7.18. The van der Waals surface area contributed by atoms with Crippen molar-refractivity contribution in [2.24, 2.45) is 4.99 Å². The lowest BCUT2D eigenvalue weighted by Gasteiger charge is -2.10. The lowest BCUT2D eigenvalue weighted by molar-refractivity contribution is 0.824. The van der Waals surface area contributed by atoms with E-state index < -0.39 is 0 Å². The Bertz CT molecular complexity index is 460. The highest BCUT2D eigenvalue weighted by molar-refractivity contribution is 7.09. The van der Waals surface area contributed by atoms with Crippen LogP contribution in [0.1, 0.15) is 17.4 Å². The minimum absolute atomic E-state index is 0.725. The van der Waals surface area contributed by atoms with Crippen molar-refractivity contribution in [1.29, 1.82) is 0 Å². The molecule has 3 nitrogen and oxygen atoms in total. The van der Waals surface area contributed by atoms with Crippen molar-refractivity contribution in [3.63, 3.8) is 0 Å². The third kappa shape index (κ3) is 4.16. The van der Waals surface area contributed by atoms with Gasteiger partial charge >= 0.3 is 0 Å². The highest BCUT2D eigenvalue weighted by Crippen LogP contribution is 2.08. The number of guanidine groups is 1. The van der Waals surface area contributed by atoms with Gasteiger partial charge in [0, 0.05) is 11.4 Å². The Morgan fingerprint density at radius 2 is 2.22 bits per heavy atom. The van der Waals surface area contributed by atoms with Gasteiger partial charge in [-0.15, -0.1) is 11.3 Å². The molecule has 0 saturated carbocycles. The van der Waals surface area contributed by atoms with Crippen LogP contribution in [0.4, 0.5) is 0 Å². The molecule has 0 saturated heterocycles. The highest BCUT2D eigenvalue weighted by Gasteiger charge is 1.99. The average molecular weight is 279 g/mol. The fourth-order valence-corrected chi connectivity index (χ4v) is 2.78. The molecule has 2 aromatic rings. The summed E-state index contributed by atoms with van der Waals surface area (Å²) >= 11 is 3.46. The van der Waals surface area contributed by atoms with Crippen LogP contribution in [-0.4, -0.2) is 12.5 Å². The number of nitrogens with one attached hydrogen (secondary N) is 2. The Morgan fingerprint density at radius 3 is 2.89 bits per heavy atom. The monoisotopic (exact) mass is 279 g/mol. The SMILES string of the molecule is CCNC(=NCc1ccsc1)NCc1cccs1. The van der Waals surface area contributed by atoms with Crippen LogP contribution in [0.25, 0.3) is 0 Å². The minimum Gasteiger partial charge on any atom is -0.357 e. The molecular weight excluding hydrogens is 262 g/mol. The smallest absolute Gasteiger partial charge is 0.191 e. The first-order valence-corrected chi connectivity index (χ1v) is 7.76. The summed E-state index contributed by atoms with van der Waals surface area (Å²) in [4.78, 5) is 5.88. The van der Waals surface area contributed by atoms with Gasteiger partial charge in [-0.05, 0) is 40.8 Å². The van der Waals surface area contributed by atoms with Crippen molar-refractivity contribution in [1.82, 2.24) is 10.6 Å². The molecule has 0 aliphatic carbocycles. The third-order valence-electron chi connectivity index (χ3n) is 2.35. The molecule has 0 aromatic carbocycles. The Balaban J connectivity index is 1.88. The van der Waals surface area contributed by atoms with E-state index in [4.69, 9.17) is 0 Å². The van der Waals surface area contributed by atoms with E-state index in [1.807, 2.05) is 0 Å². The molecule has 0 fully saturated rings. The van der Waals surface area contributed by atoms with E-state index in [-0.39, 0.29) is 0 Å². The van der Waals surface area contributed by atoms with Gasteiger partial charge in [-0.2, -0.15) is 11.3 Å². The van der Waals surface area contributed by atoms with Crippen LogP contribution in [0.5, 0.6) is 0 Å². The number of hydrogen-bond acceptors (Lipinski definition) is 3. The van der Waals surface area contributed by atoms with E-state index in [1.54, 1.807) is 22.7 Å². The Kier molecular flexibility index (Phi) is 5.23. The van der Waals surface area contributed by atoms with Gasteiger partial charge in [0.1, 0.15) is 0 Å². The molecule has 2 rings (SSSR count). The molecular formula is C13H17N3S2. The Hall–Kier alpha value is -1.33. The van der Waals surface area contributed by atoms with E-state index in [0.29, 0.717) is 0 Å². The van der Waals surface area contributed by atoms with Crippen LogP contribution >= 0.6 is 22.7 Å². The lowest BCUT2D eigenvalue weighted by atomic mass is 10.3. The molecule has 96 valence electrons. The average Bonchev–Trinajstić information content (AvgIpc) is 3.05. The minimum atomic E-state index is 0.725. The fourth-order valence-electron chi connectivity index (χ4n) is 1.48. The molecule has 0 atom stereocenters. The normalized spacial score (nSPS) is 11.5. The molecule has 2 heterocycles. The Morgan fingerprint density at radius 1 is 1.28 bits per heavy atom. The molecule has 0 aliphatic heterocycles. The predicted octanol–water partition coefficient (Wildman–Crippen LogP) is 3.06. The van der Waals surface area contributed by atoms with Gasteiger partial charge in [0.25, 0.3) is 0 Å². The van der Waals surface area contributed by atoms with E-state index in [1.165, 1.54) is 10.4 Å². The summed E-state index contributed by atoms with van der Waals surface area (Å²) in [5.74, 6) is 0.872. The molecule has 0 radical (unpaired) electrons. The van der Waals surface area contributed by atoms with Gasteiger partial charge in [0.15, 0.2) is 5.96 Å². The predicted molar refractivity (Wildman–Crippen MR) is 80.3 cm³/mol. The molecule has 0 spiro atoms. The largest absolute Gasteiger partial charge is 0.357 e. The summed E-state index contributed by atoms with van der Waals surface area (Å²) < 4.78 is 0. The van der Waals surface area contributed by atoms with Gasteiger partial charge < -0.3 is 10.6 Å². The first-order valence-electron chi connectivity index (χ1n) is 5.94. The summed E-state index contributed by atoms with van der Waals surface area (Å²) in [5.41, 5.74) is 1.26. The van der Waals surface area contributed by atoms with Gasteiger partial charge in [-0.25, -0.2) is 4.99 Å². The maximum absolute atomic E-state index is 4.56. The summed E-state index contributed by atoms with van der Waals surface area (Å²) in [7, 11) is 0. The number of rotatable bonds is 5. The maximum atomic E-state index is 4.56. The van der Waals surface area contributed by atoms with Crippen LogP contribution in [-0.2, 0) is 13.1 Å². The van der Waals surface area contributed by atoms with E-state index in [0.717, 1.165) is 25.6 Å². The van der Waals surface area contributed by atoms with E-state index in [9.17, 15) is 0 Å². The molecule has 2 N–H and O–H groups in total. The molecule has 2 aromatic heterocycles. The quantitative estimate of drug-likeness (QED) is 0.652. The van der Waals surface area contributed by atoms with Crippen molar-refractivity contribution >= 4 is 28.6 Å². The van der Waals surface area contributed by atoms with Gasteiger partial charge in [0.05, 0.1) is 13.1 Å². The maximum Gasteiger partial charge on any atom is 0.191 e. The molecule has 0 aliphatic rings. The van der Waals surface area contributed by atoms with Crippen molar-refractivity contribution in [3.8, 4) is 0 Å². The number of nitrogens with zero attached hydrogens (tertiary/aromatic N) is 1. The highest BCUT2D eigenvalue weighted by atomic mass is 32.1. The molecule has 0 amide bonds. The Labute approximate surface area is 116 Å². The summed E-state index contributed by atoms with van der Waals surface area (Å²) in [6, 6.07) is 6.30. The topological polar surface area (TPSA) is 36.4 Å². The first kappa shape index (κ1) is 13.1. The van der Waals surface area contributed by atoms with E-state index >= 15 is 0 Å². The zero-order valence-corrected chi connectivity index (χ0v) is 12.0. The van der Waals surface area contributed by atoms with E-state index in [2.05, 4.69) is 56.9 Å². The number of hydrogen-bond donors (Lipinski definition) is 2.